The molecule has 0 N–H and O–H groups in total. The van der Waals surface area contributed by atoms with Crippen LogP contribution in [0.4, 0.5) is 0 Å². The quantitative estimate of drug-likeness (QED) is 0.559. The number of halogens is 2. The Bertz CT molecular complexity index is 631. The standard InChI is InChI=1S/C13H15Cl2NO4S/c1-3-7-16(9-13(17)20-4-2)21(18,19)10-5-6-11(14)12(15)8-10/h3,5-6,8H,1,4,7,9H2,2H3. The van der Waals surface area contributed by atoms with Crippen LogP contribution in [-0.4, -0.2) is 38.4 Å². The molecular formula is C13H15Cl2NO4S. The van der Waals surface area contributed by atoms with E-state index in [1.807, 2.05) is 0 Å². The van der Waals surface area contributed by atoms with Gasteiger partial charge in [0.1, 0.15) is 6.54 Å². The monoisotopic (exact) mass is 351 g/mol. The molecule has 0 bridgehead atoms. The molecule has 0 aliphatic carbocycles. The number of rotatable bonds is 7. The van der Waals surface area contributed by atoms with E-state index in [4.69, 9.17) is 27.9 Å². The second-order valence-corrected chi connectivity index (χ2v) is 6.72. The van der Waals surface area contributed by atoms with Gasteiger partial charge in [0, 0.05) is 6.54 Å². The first-order chi connectivity index (χ1) is 9.82. The zero-order chi connectivity index (χ0) is 16.0. The molecule has 0 fully saturated rings. The zero-order valence-electron chi connectivity index (χ0n) is 11.4. The van der Waals surface area contributed by atoms with Crippen molar-refractivity contribution < 1.29 is 17.9 Å². The van der Waals surface area contributed by atoms with E-state index in [2.05, 4.69) is 6.58 Å². The lowest BCUT2D eigenvalue weighted by atomic mass is 10.4. The number of nitrogens with zero attached hydrogens (tertiary/aromatic N) is 1. The van der Waals surface area contributed by atoms with E-state index < -0.39 is 22.5 Å². The molecule has 1 aromatic rings. The Hall–Kier alpha value is -1.08. The van der Waals surface area contributed by atoms with Gasteiger partial charge in [0.25, 0.3) is 0 Å². The predicted molar refractivity (Wildman–Crippen MR) is 82.1 cm³/mol. The summed E-state index contributed by atoms with van der Waals surface area (Å²) < 4.78 is 30.7. The summed E-state index contributed by atoms with van der Waals surface area (Å²) in [7, 11) is -3.90. The highest BCUT2D eigenvalue weighted by atomic mass is 35.5. The second kappa shape index (κ2) is 7.79. The van der Waals surface area contributed by atoms with Crippen LogP contribution in [0.25, 0.3) is 0 Å². The summed E-state index contributed by atoms with van der Waals surface area (Å²) in [6.07, 6.45) is 1.38. The van der Waals surface area contributed by atoms with Crippen LogP contribution in [0.1, 0.15) is 6.92 Å². The van der Waals surface area contributed by atoms with Gasteiger partial charge in [0.2, 0.25) is 10.0 Å². The highest BCUT2D eigenvalue weighted by Gasteiger charge is 2.26. The maximum Gasteiger partial charge on any atom is 0.321 e. The number of esters is 1. The zero-order valence-corrected chi connectivity index (χ0v) is 13.7. The van der Waals surface area contributed by atoms with Gasteiger partial charge < -0.3 is 4.74 Å². The van der Waals surface area contributed by atoms with Crippen molar-refractivity contribution in [2.45, 2.75) is 11.8 Å². The maximum absolute atomic E-state index is 12.5. The van der Waals surface area contributed by atoms with E-state index in [1.54, 1.807) is 6.92 Å². The average Bonchev–Trinajstić information content (AvgIpc) is 2.41. The number of hydrogen-bond donors (Lipinski definition) is 0. The fourth-order valence-corrected chi connectivity index (χ4v) is 3.27. The summed E-state index contributed by atoms with van der Waals surface area (Å²) in [6, 6.07) is 3.94. The van der Waals surface area contributed by atoms with Crippen LogP contribution < -0.4 is 0 Å². The number of carbonyl (C=O) groups is 1. The largest absolute Gasteiger partial charge is 0.465 e. The van der Waals surface area contributed by atoms with E-state index in [-0.39, 0.29) is 28.1 Å². The summed E-state index contributed by atoms with van der Waals surface area (Å²) in [5, 5.41) is 0.365. The molecule has 21 heavy (non-hydrogen) atoms. The molecule has 0 spiro atoms. The van der Waals surface area contributed by atoms with E-state index in [9.17, 15) is 13.2 Å². The van der Waals surface area contributed by atoms with Crippen LogP contribution in [0.5, 0.6) is 0 Å². The van der Waals surface area contributed by atoms with Crippen LogP contribution in [0.15, 0.2) is 35.7 Å². The fraction of sp³-hybridized carbons (Fsp3) is 0.308. The van der Waals surface area contributed by atoms with Gasteiger partial charge >= 0.3 is 5.97 Å². The lowest BCUT2D eigenvalue weighted by Gasteiger charge is -2.20. The van der Waals surface area contributed by atoms with Crippen molar-refractivity contribution in [1.82, 2.24) is 4.31 Å². The third-order valence-corrected chi connectivity index (χ3v) is 5.02. The van der Waals surface area contributed by atoms with Gasteiger partial charge in [-0.3, -0.25) is 4.79 Å². The van der Waals surface area contributed by atoms with Crippen molar-refractivity contribution in [3.05, 3.63) is 40.9 Å². The number of hydrogen-bond acceptors (Lipinski definition) is 4. The van der Waals surface area contributed by atoms with Gasteiger partial charge in [-0.2, -0.15) is 4.31 Å². The second-order valence-electron chi connectivity index (χ2n) is 3.97. The smallest absolute Gasteiger partial charge is 0.321 e. The van der Waals surface area contributed by atoms with E-state index in [0.29, 0.717) is 0 Å². The SMILES string of the molecule is C=CCN(CC(=O)OCC)S(=O)(=O)c1ccc(Cl)c(Cl)c1. The molecule has 0 aliphatic heterocycles. The van der Waals surface area contributed by atoms with Gasteiger partial charge in [0.15, 0.2) is 0 Å². The molecule has 0 aromatic heterocycles. The fourth-order valence-electron chi connectivity index (χ4n) is 1.53. The Morgan fingerprint density at radius 2 is 2.05 bits per heavy atom. The molecule has 0 saturated carbocycles. The first-order valence-corrected chi connectivity index (χ1v) is 8.24. The molecule has 0 heterocycles. The maximum atomic E-state index is 12.5. The number of benzene rings is 1. The summed E-state index contributed by atoms with van der Waals surface area (Å²) in [5.74, 6) is -0.636. The normalized spacial score (nSPS) is 11.4. The minimum atomic E-state index is -3.90. The minimum Gasteiger partial charge on any atom is -0.465 e. The van der Waals surface area contributed by atoms with Crippen LogP contribution in [-0.2, 0) is 19.6 Å². The molecule has 0 radical (unpaired) electrons. The van der Waals surface area contributed by atoms with Crippen molar-refractivity contribution >= 4 is 39.2 Å². The van der Waals surface area contributed by atoms with Crippen LogP contribution in [0.3, 0.4) is 0 Å². The summed E-state index contributed by atoms with van der Waals surface area (Å²) >= 11 is 11.6. The molecule has 8 heteroatoms. The van der Waals surface area contributed by atoms with Crippen molar-refractivity contribution in [2.75, 3.05) is 19.7 Å². The van der Waals surface area contributed by atoms with Gasteiger partial charge in [-0.25, -0.2) is 8.42 Å². The molecule has 0 atom stereocenters. The third kappa shape index (κ3) is 4.71. The lowest BCUT2D eigenvalue weighted by Crippen LogP contribution is -2.36. The molecule has 5 nitrogen and oxygen atoms in total. The van der Waals surface area contributed by atoms with Gasteiger partial charge in [-0.1, -0.05) is 29.3 Å². The first kappa shape index (κ1) is 18.0. The van der Waals surface area contributed by atoms with E-state index >= 15 is 0 Å². The Morgan fingerprint density at radius 3 is 2.57 bits per heavy atom. The van der Waals surface area contributed by atoms with E-state index in [0.717, 1.165) is 4.31 Å². The van der Waals surface area contributed by atoms with Gasteiger partial charge in [-0.05, 0) is 25.1 Å². The molecule has 0 aliphatic rings. The van der Waals surface area contributed by atoms with E-state index in [1.165, 1.54) is 24.3 Å². The third-order valence-electron chi connectivity index (χ3n) is 2.47. The molecule has 1 rings (SSSR count). The highest BCUT2D eigenvalue weighted by Crippen LogP contribution is 2.26. The summed E-state index contributed by atoms with van der Waals surface area (Å²) in [6.45, 7) is 4.88. The van der Waals surface area contributed by atoms with Crippen LogP contribution >= 0.6 is 23.2 Å². The first-order valence-electron chi connectivity index (χ1n) is 6.04. The minimum absolute atomic E-state index is 0.0264. The van der Waals surface area contributed by atoms with Crippen molar-refractivity contribution in [2.24, 2.45) is 0 Å². The number of ether oxygens (including phenoxy) is 1. The number of carbonyl (C=O) groups excluding carboxylic acids is 1. The Balaban J connectivity index is 3.11. The molecule has 116 valence electrons. The highest BCUT2D eigenvalue weighted by molar-refractivity contribution is 7.89. The Kier molecular flexibility index (Phi) is 6.67. The Labute approximate surface area is 134 Å². The van der Waals surface area contributed by atoms with Crippen molar-refractivity contribution in [3.63, 3.8) is 0 Å². The molecule has 0 amide bonds. The van der Waals surface area contributed by atoms with Crippen LogP contribution in [0.2, 0.25) is 10.0 Å². The van der Waals surface area contributed by atoms with Crippen LogP contribution in [0, 0.1) is 0 Å². The Morgan fingerprint density at radius 1 is 1.38 bits per heavy atom. The number of sulfonamides is 1. The molecule has 1 aromatic carbocycles. The summed E-state index contributed by atoms with van der Waals surface area (Å²) in [4.78, 5) is 11.5. The van der Waals surface area contributed by atoms with Crippen molar-refractivity contribution in [1.29, 1.82) is 0 Å². The predicted octanol–water partition coefficient (Wildman–Crippen LogP) is 2.73. The molecular weight excluding hydrogens is 337 g/mol. The lowest BCUT2D eigenvalue weighted by molar-refractivity contribution is -0.143. The van der Waals surface area contributed by atoms with Gasteiger partial charge in [0.05, 0.1) is 21.5 Å². The van der Waals surface area contributed by atoms with Gasteiger partial charge in [-0.15, -0.1) is 6.58 Å². The van der Waals surface area contributed by atoms with Crippen molar-refractivity contribution in [3.8, 4) is 0 Å². The topological polar surface area (TPSA) is 63.7 Å². The summed E-state index contributed by atoms with van der Waals surface area (Å²) in [5.41, 5.74) is 0. The molecule has 0 unspecified atom stereocenters. The molecule has 0 saturated heterocycles. The average molecular weight is 352 g/mol.